The molecule has 0 saturated carbocycles. The summed E-state index contributed by atoms with van der Waals surface area (Å²) in [5.74, 6) is -0.166. The first-order valence-corrected chi connectivity index (χ1v) is 12.8. The number of H-pyrrole nitrogens is 1. The van der Waals surface area contributed by atoms with E-state index >= 15 is 0 Å². The third-order valence-corrected chi connectivity index (χ3v) is 7.18. The molecule has 9 heteroatoms. The molecule has 3 N–H and O–H groups in total. The number of nitrogens with zero attached hydrogens (tertiary/aromatic N) is 3. The van der Waals surface area contributed by atoms with Crippen molar-refractivity contribution in [2.45, 2.75) is 55.9 Å². The van der Waals surface area contributed by atoms with Crippen molar-refractivity contribution in [3.05, 3.63) is 69.4 Å². The van der Waals surface area contributed by atoms with Crippen LogP contribution < -0.4 is 26.8 Å². The number of hydrogen-bond donors (Lipinski definition) is 2. The molecule has 0 unspecified atom stereocenters. The van der Waals surface area contributed by atoms with Crippen molar-refractivity contribution in [1.29, 1.82) is 0 Å². The molecule has 0 atom stereocenters. The van der Waals surface area contributed by atoms with Gasteiger partial charge in [0.05, 0.1) is 11.4 Å². The second kappa shape index (κ2) is 10.9. The minimum atomic E-state index is -0.630. The maximum atomic E-state index is 13.6. The van der Waals surface area contributed by atoms with E-state index in [-0.39, 0.29) is 23.8 Å². The number of benzene rings is 2. The summed E-state index contributed by atoms with van der Waals surface area (Å²) in [4.78, 5) is 46.9. The Morgan fingerprint density at radius 2 is 1.60 bits per heavy atom. The molecule has 0 radical (unpaired) electrons. The summed E-state index contributed by atoms with van der Waals surface area (Å²) in [7, 11) is 0. The van der Waals surface area contributed by atoms with Gasteiger partial charge in [-0.25, -0.2) is 4.79 Å². The Kier molecular flexibility index (Phi) is 7.65. The van der Waals surface area contributed by atoms with Crippen LogP contribution >= 0.6 is 11.8 Å². The molecule has 0 aliphatic carbocycles. The lowest BCUT2D eigenvalue weighted by molar-refractivity contribution is -0.118. The number of nitrogens with one attached hydrogen (secondary N) is 1. The first-order valence-electron chi connectivity index (χ1n) is 12.0. The van der Waals surface area contributed by atoms with E-state index in [1.807, 2.05) is 38.1 Å². The molecular weight excluding hydrogens is 462 g/mol. The number of nitrogen functional groups attached to an aromatic ring is 1. The van der Waals surface area contributed by atoms with E-state index in [9.17, 15) is 14.4 Å². The lowest BCUT2D eigenvalue weighted by Crippen LogP contribution is -2.42. The number of aromatic nitrogens is 2. The first kappa shape index (κ1) is 24.7. The second-order valence-electron chi connectivity index (χ2n) is 8.48. The molecule has 2 heterocycles. The number of carbonyl (C=O) groups is 1. The van der Waals surface area contributed by atoms with E-state index in [2.05, 4.69) is 34.1 Å². The summed E-state index contributed by atoms with van der Waals surface area (Å²) < 4.78 is 1.33. The number of aromatic amines is 1. The summed E-state index contributed by atoms with van der Waals surface area (Å²) in [6.45, 7) is 5.11. The van der Waals surface area contributed by atoms with Gasteiger partial charge >= 0.3 is 5.69 Å². The molecule has 2 aromatic carbocycles. The van der Waals surface area contributed by atoms with Crippen LogP contribution in [0.1, 0.15) is 39.5 Å². The Morgan fingerprint density at radius 1 is 0.971 bits per heavy atom. The van der Waals surface area contributed by atoms with Gasteiger partial charge in [-0.1, -0.05) is 56.3 Å². The van der Waals surface area contributed by atoms with E-state index in [0.717, 1.165) is 27.6 Å². The van der Waals surface area contributed by atoms with Crippen molar-refractivity contribution in [2.75, 3.05) is 28.6 Å². The van der Waals surface area contributed by atoms with Gasteiger partial charge in [-0.05, 0) is 37.1 Å². The molecule has 1 amide bonds. The molecule has 35 heavy (non-hydrogen) atoms. The molecule has 0 saturated heterocycles. The van der Waals surface area contributed by atoms with Crippen molar-refractivity contribution in [3.8, 4) is 0 Å². The highest BCUT2D eigenvalue weighted by Crippen LogP contribution is 2.47. The van der Waals surface area contributed by atoms with E-state index in [1.54, 1.807) is 11.8 Å². The molecule has 184 valence electrons. The number of anilines is 4. The van der Waals surface area contributed by atoms with Crippen molar-refractivity contribution >= 4 is 40.5 Å². The number of fused-ring (bicyclic) bond motifs is 2. The van der Waals surface area contributed by atoms with Gasteiger partial charge in [-0.15, -0.1) is 0 Å². The molecule has 0 bridgehead atoms. The van der Waals surface area contributed by atoms with Crippen LogP contribution in [0.2, 0.25) is 0 Å². The van der Waals surface area contributed by atoms with Crippen LogP contribution in [-0.2, 0) is 11.3 Å². The van der Waals surface area contributed by atoms with Crippen molar-refractivity contribution in [3.63, 3.8) is 0 Å². The fourth-order valence-electron chi connectivity index (χ4n) is 4.33. The Labute approximate surface area is 208 Å². The lowest BCUT2D eigenvalue weighted by Gasteiger charge is -2.33. The van der Waals surface area contributed by atoms with Crippen LogP contribution in [0.25, 0.3) is 0 Å². The zero-order chi connectivity index (χ0) is 24.9. The Hall–Kier alpha value is -3.46. The smallest absolute Gasteiger partial charge is 0.330 e. The van der Waals surface area contributed by atoms with E-state index in [4.69, 9.17) is 5.73 Å². The molecule has 8 nitrogen and oxygen atoms in total. The van der Waals surface area contributed by atoms with E-state index < -0.39 is 11.2 Å². The summed E-state index contributed by atoms with van der Waals surface area (Å²) in [5.41, 5.74) is 7.27. The number of amides is 1. The standard InChI is InChI=1S/C26H31N5O3S/c1-3-5-16-30(23-24(27)31(15-4-2)26(34)28-25(23)33)22(32)14-17-29-18-10-6-8-12-20(18)35-21-13-9-7-11-19(21)29/h6-13H,3-5,14-17,27H2,1-2H3,(H,28,33,34). The number of unbranched alkanes of at least 4 members (excludes halogenated alkanes) is 1. The van der Waals surface area contributed by atoms with Crippen LogP contribution in [0, 0.1) is 0 Å². The average molecular weight is 494 g/mol. The molecular formula is C26H31N5O3S. The van der Waals surface area contributed by atoms with Gasteiger partial charge in [0.25, 0.3) is 5.56 Å². The predicted octanol–water partition coefficient (Wildman–Crippen LogP) is 4.35. The van der Waals surface area contributed by atoms with Gasteiger partial charge in [0.2, 0.25) is 5.91 Å². The quantitative estimate of drug-likeness (QED) is 0.459. The van der Waals surface area contributed by atoms with Gasteiger partial charge in [0.15, 0.2) is 5.69 Å². The Balaban J connectivity index is 1.65. The number of hydrogen-bond acceptors (Lipinski definition) is 6. The monoisotopic (exact) mass is 493 g/mol. The van der Waals surface area contributed by atoms with Crippen molar-refractivity contribution in [2.24, 2.45) is 0 Å². The van der Waals surface area contributed by atoms with Gasteiger partial charge < -0.3 is 15.5 Å². The van der Waals surface area contributed by atoms with Crippen LogP contribution in [0.15, 0.2) is 67.9 Å². The molecule has 3 aromatic rings. The normalized spacial score (nSPS) is 12.2. The largest absolute Gasteiger partial charge is 0.383 e. The van der Waals surface area contributed by atoms with Gasteiger partial charge in [-0.2, -0.15) is 0 Å². The third kappa shape index (κ3) is 5.00. The second-order valence-corrected chi connectivity index (χ2v) is 9.57. The first-order chi connectivity index (χ1) is 17.0. The molecule has 1 aliphatic rings. The lowest BCUT2D eigenvalue weighted by atomic mass is 10.2. The Morgan fingerprint density at radius 3 is 2.20 bits per heavy atom. The highest BCUT2D eigenvalue weighted by Gasteiger charge is 2.27. The minimum absolute atomic E-state index is 0.0371. The zero-order valence-corrected chi connectivity index (χ0v) is 20.9. The topological polar surface area (TPSA) is 104 Å². The van der Waals surface area contributed by atoms with Crippen LogP contribution in [0.4, 0.5) is 22.9 Å². The third-order valence-electron chi connectivity index (χ3n) is 6.05. The van der Waals surface area contributed by atoms with Gasteiger partial charge in [0, 0.05) is 35.8 Å². The van der Waals surface area contributed by atoms with Crippen molar-refractivity contribution < 1.29 is 4.79 Å². The maximum absolute atomic E-state index is 13.6. The molecule has 1 aliphatic heterocycles. The number of rotatable bonds is 9. The van der Waals surface area contributed by atoms with Crippen LogP contribution in [0.5, 0.6) is 0 Å². The number of nitrogens with two attached hydrogens (primary N) is 1. The fraction of sp³-hybridized carbons (Fsp3) is 0.346. The van der Waals surface area contributed by atoms with Gasteiger partial charge in [-0.3, -0.25) is 19.1 Å². The minimum Gasteiger partial charge on any atom is -0.383 e. The number of carbonyl (C=O) groups excluding carboxylic acids is 1. The van der Waals surface area contributed by atoms with E-state index in [1.165, 1.54) is 9.47 Å². The zero-order valence-electron chi connectivity index (χ0n) is 20.1. The summed E-state index contributed by atoms with van der Waals surface area (Å²) in [5, 5.41) is 0. The highest BCUT2D eigenvalue weighted by molar-refractivity contribution is 7.99. The molecule has 4 rings (SSSR count). The van der Waals surface area contributed by atoms with Crippen LogP contribution in [-0.4, -0.2) is 28.5 Å². The SMILES string of the molecule is CCCCN(C(=O)CCN1c2ccccc2Sc2ccccc21)c1c(N)n(CCC)c(=O)[nH]c1=O. The molecule has 0 fully saturated rings. The van der Waals surface area contributed by atoms with Gasteiger partial charge in [0.1, 0.15) is 5.82 Å². The predicted molar refractivity (Wildman–Crippen MR) is 142 cm³/mol. The molecule has 1 aromatic heterocycles. The average Bonchev–Trinajstić information content (AvgIpc) is 2.86. The van der Waals surface area contributed by atoms with Crippen molar-refractivity contribution in [1.82, 2.24) is 9.55 Å². The Bertz CT molecular complexity index is 1290. The highest BCUT2D eigenvalue weighted by atomic mass is 32.2. The maximum Gasteiger partial charge on any atom is 0.330 e. The fourth-order valence-corrected chi connectivity index (χ4v) is 5.42. The van der Waals surface area contributed by atoms with E-state index in [0.29, 0.717) is 32.5 Å². The number of para-hydroxylation sites is 2. The summed E-state index contributed by atoms with van der Waals surface area (Å²) >= 11 is 1.71. The van der Waals surface area contributed by atoms with Crippen LogP contribution in [0.3, 0.4) is 0 Å². The molecule has 0 spiro atoms. The summed E-state index contributed by atoms with van der Waals surface area (Å²) in [6.07, 6.45) is 2.41. The summed E-state index contributed by atoms with van der Waals surface area (Å²) in [6, 6.07) is 16.3.